The number of amides is 3. The lowest BCUT2D eigenvalue weighted by molar-refractivity contribution is -0.151. The van der Waals surface area contributed by atoms with Crippen molar-refractivity contribution in [2.75, 3.05) is 20.6 Å². The number of aliphatic carboxylic acids is 1. The second-order valence-electron chi connectivity index (χ2n) is 14.6. The van der Waals surface area contributed by atoms with Crippen LogP contribution in [0, 0.1) is 17.8 Å². The maximum Gasteiger partial charge on any atom is 0.306 e. The molecule has 0 aliphatic carbocycles. The second kappa shape index (κ2) is 20.4. The molecule has 0 radical (unpaired) electrons. The van der Waals surface area contributed by atoms with Gasteiger partial charge in [-0.2, -0.15) is 0 Å². The zero-order valence-corrected chi connectivity index (χ0v) is 32.9. The number of likely N-dealkylation sites (tertiary alicyclic amines) is 1. The van der Waals surface area contributed by atoms with E-state index in [1.807, 2.05) is 70.0 Å². The molecule has 3 N–H and O–H groups in total. The van der Waals surface area contributed by atoms with Crippen LogP contribution >= 0.6 is 11.3 Å². The number of thiazole rings is 1. The van der Waals surface area contributed by atoms with Gasteiger partial charge in [-0.15, -0.1) is 11.3 Å². The summed E-state index contributed by atoms with van der Waals surface area (Å²) < 4.78 is 5.91. The number of benzene rings is 1. The van der Waals surface area contributed by atoms with Crippen LogP contribution in [-0.2, 0) is 30.3 Å². The molecular formula is C39H59N5O7S. The van der Waals surface area contributed by atoms with Crippen LogP contribution in [0.4, 0.5) is 0 Å². The number of rotatable bonds is 19. The Hall–Kier alpha value is -3.84. The van der Waals surface area contributed by atoms with Gasteiger partial charge in [0.1, 0.15) is 16.7 Å². The molecule has 2 heterocycles. The van der Waals surface area contributed by atoms with Crippen molar-refractivity contribution in [2.45, 2.75) is 123 Å². The van der Waals surface area contributed by atoms with E-state index in [1.54, 1.807) is 31.2 Å². The fourth-order valence-electron chi connectivity index (χ4n) is 6.68. The molecule has 0 bridgehead atoms. The molecule has 1 saturated heterocycles. The number of carboxylic acid groups (broad SMARTS) is 1. The first-order valence-electron chi connectivity index (χ1n) is 18.7. The first kappa shape index (κ1) is 42.6. The Balaban J connectivity index is 1.83. The number of carboxylic acids is 1. The number of hydrogen-bond acceptors (Lipinski definition) is 9. The fourth-order valence-corrected chi connectivity index (χ4v) is 7.52. The van der Waals surface area contributed by atoms with Crippen molar-refractivity contribution < 1.29 is 33.8 Å². The third kappa shape index (κ3) is 12.1. The Morgan fingerprint density at radius 2 is 1.73 bits per heavy atom. The number of carbonyl (C=O) groups is 5. The summed E-state index contributed by atoms with van der Waals surface area (Å²) in [6, 6.07) is 7.70. The molecule has 52 heavy (non-hydrogen) atoms. The maximum atomic E-state index is 14.2. The van der Waals surface area contributed by atoms with E-state index in [0.717, 1.165) is 31.4 Å². The van der Waals surface area contributed by atoms with Crippen LogP contribution in [-0.4, -0.2) is 94.4 Å². The highest BCUT2D eigenvalue weighted by molar-refractivity contribution is 7.09. The van der Waals surface area contributed by atoms with Crippen molar-refractivity contribution in [3.05, 3.63) is 52.0 Å². The summed E-state index contributed by atoms with van der Waals surface area (Å²) in [7, 11) is 3.67. The SMILES string of the molecule is CCC(=O)OC(CC(C(C)C)N(C)C(=O)C(NC(=O)[C@H]1CCCCN1C)C(C)CC)c1nc(C(=O)NC(Cc2ccccc2)CC(C)C(=O)O)cs1. The van der Waals surface area contributed by atoms with Gasteiger partial charge in [0.15, 0.2) is 6.10 Å². The predicted molar refractivity (Wildman–Crippen MR) is 202 cm³/mol. The lowest BCUT2D eigenvalue weighted by Gasteiger charge is -2.38. The van der Waals surface area contributed by atoms with Gasteiger partial charge in [-0.3, -0.25) is 28.9 Å². The zero-order chi connectivity index (χ0) is 38.5. The molecule has 0 spiro atoms. The molecule has 3 rings (SSSR count). The Morgan fingerprint density at radius 3 is 2.33 bits per heavy atom. The van der Waals surface area contributed by atoms with E-state index in [2.05, 4.69) is 15.6 Å². The van der Waals surface area contributed by atoms with Gasteiger partial charge in [-0.1, -0.05) is 84.7 Å². The largest absolute Gasteiger partial charge is 0.481 e. The van der Waals surface area contributed by atoms with E-state index in [1.165, 1.54) is 11.3 Å². The summed E-state index contributed by atoms with van der Waals surface area (Å²) in [4.78, 5) is 73.9. The third-order valence-electron chi connectivity index (χ3n) is 10.2. The minimum atomic E-state index is -0.943. The van der Waals surface area contributed by atoms with Crippen LogP contribution in [0.2, 0.25) is 0 Å². The molecule has 1 aromatic heterocycles. The number of likely N-dealkylation sites (N-methyl/N-ethyl adjacent to an activating group) is 2. The van der Waals surface area contributed by atoms with Gasteiger partial charge < -0.3 is 25.4 Å². The van der Waals surface area contributed by atoms with Crippen LogP contribution in [0.3, 0.4) is 0 Å². The molecule has 6 unspecified atom stereocenters. The smallest absolute Gasteiger partial charge is 0.306 e. The Bertz CT molecular complexity index is 1480. The van der Waals surface area contributed by atoms with E-state index in [9.17, 15) is 29.1 Å². The van der Waals surface area contributed by atoms with Crippen molar-refractivity contribution in [3.8, 4) is 0 Å². The molecule has 0 saturated carbocycles. The molecule has 1 aliphatic rings. The summed E-state index contributed by atoms with van der Waals surface area (Å²) >= 11 is 1.19. The van der Waals surface area contributed by atoms with Crippen molar-refractivity contribution in [3.63, 3.8) is 0 Å². The van der Waals surface area contributed by atoms with E-state index >= 15 is 0 Å². The van der Waals surface area contributed by atoms with Gasteiger partial charge in [0.05, 0.1) is 12.0 Å². The molecule has 7 atom stereocenters. The normalized spacial score (nSPS) is 18.4. The average molecular weight is 742 g/mol. The molecule has 13 heteroatoms. The van der Waals surface area contributed by atoms with Crippen LogP contribution in [0.15, 0.2) is 35.7 Å². The fraction of sp³-hybridized carbons (Fsp3) is 0.641. The number of carbonyl (C=O) groups excluding carboxylic acids is 4. The average Bonchev–Trinajstić information content (AvgIpc) is 3.62. The van der Waals surface area contributed by atoms with Gasteiger partial charge in [-0.05, 0) is 56.7 Å². The Labute approximate surface area is 313 Å². The Kier molecular flexibility index (Phi) is 16.7. The number of ether oxygens (including phenoxy) is 1. The van der Waals surface area contributed by atoms with E-state index in [4.69, 9.17) is 4.74 Å². The quantitative estimate of drug-likeness (QED) is 0.159. The van der Waals surface area contributed by atoms with Crippen molar-refractivity contribution >= 4 is 41.0 Å². The summed E-state index contributed by atoms with van der Waals surface area (Å²) in [6.45, 7) is 12.1. The van der Waals surface area contributed by atoms with Gasteiger partial charge in [-0.25, -0.2) is 4.98 Å². The van der Waals surface area contributed by atoms with Crippen LogP contribution in [0.5, 0.6) is 0 Å². The molecular weight excluding hydrogens is 683 g/mol. The van der Waals surface area contributed by atoms with E-state index in [-0.39, 0.29) is 54.6 Å². The zero-order valence-electron chi connectivity index (χ0n) is 32.1. The first-order chi connectivity index (χ1) is 24.7. The van der Waals surface area contributed by atoms with Crippen LogP contribution < -0.4 is 10.6 Å². The highest BCUT2D eigenvalue weighted by atomic mass is 32.1. The lowest BCUT2D eigenvalue weighted by atomic mass is 9.92. The molecule has 3 amide bonds. The van der Waals surface area contributed by atoms with Crippen LogP contribution in [0.1, 0.15) is 114 Å². The number of piperidine rings is 1. The van der Waals surface area contributed by atoms with Gasteiger partial charge in [0.2, 0.25) is 11.8 Å². The number of hydrogen-bond donors (Lipinski definition) is 3. The van der Waals surface area contributed by atoms with E-state index < -0.39 is 48.0 Å². The molecule has 1 aromatic carbocycles. The van der Waals surface area contributed by atoms with Gasteiger partial charge >= 0.3 is 11.9 Å². The molecule has 2 aromatic rings. The monoisotopic (exact) mass is 741 g/mol. The summed E-state index contributed by atoms with van der Waals surface area (Å²) in [5.74, 6) is -3.01. The predicted octanol–water partition coefficient (Wildman–Crippen LogP) is 5.48. The van der Waals surface area contributed by atoms with Crippen molar-refractivity contribution in [1.29, 1.82) is 0 Å². The minimum absolute atomic E-state index is 0.0489. The molecule has 288 valence electrons. The van der Waals surface area contributed by atoms with Gasteiger partial charge in [0, 0.05) is 37.4 Å². The highest BCUT2D eigenvalue weighted by Gasteiger charge is 2.37. The number of aromatic nitrogens is 1. The number of nitrogens with one attached hydrogen (secondary N) is 2. The van der Waals surface area contributed by atoms with Crippen LogP contribution in [0.25, 0.3) is 0 Å². The molecule has 1 aliphatic heterocycles. The standard InChI is InChI=1S/C39H59N5O7S/c1-9-25(5)34(42-36(47)30-18-14-15-19-43(30)7)38(48)44(8)31(24(3)4)22-32(51-33(45)10-2)37-41-29(23-52-37)35(46)40-28(20-26(6)39(49)50)21-27-16-12-11-13-17-27/h11-13,16-17,23-26,28,30-32,34H,9-10,14-15,18-22H2,1-8H3,(H,40,46)(H,42,47)(H,49,50)/t25?,26?,28?,30-,31?,32?,34?/m1/s1. The minimum Gasteiger partial charge on any atom is -0.481 e. The summed E-state index contributed by atoms with van der Waals surface area (Å²) in [6.07, 6.45) is 3.68. The number of nitrogens with zero attached hydrogens (tertiary/aromatic N) is 3. The molecule has 12 nitrogen and oxygen atoms in total. The summed E-state index contributed by atoms with van der Waals surface area (Å²) in [5, 5.41) is 17.6. The third-order valence-corrected chi connectivity index (χ3v) is 11.2. The number of esters is 1. The van der Waals surface area contributed by atoms with E-state index in [0.29, 0.717) is 17.8 Å². The lowest BCUT2D eigenvalue weighted by Crippen LogP contribution is -2.58. The summed E-state index contributed by atoms with van der Waals surface area (Å²) in [5.41, 5.74) is 1.10. The topological polar surface area (TPSA) is 158 Å². The molecule has 1 fully saturated rings. The second-order valence-corrected chi connectivity index (χ2v) is 15.5. The highest BCUT2D eigenvalue weighted by Crippen LogP contribution is 2.31. The van der Waals surface area contributed by atoms with Crippen molar-refractivity contribution in [1.82, 2.24) is 25.4 Å². The van der Waals surface area contributed by atoms with Crippen molar-refractivity contribution in [2.24, 2.45) is 17.8 Å². The Morgan fingerprint density at radius 1 is 1.04 bits per heavy atom. The maximum absolute atomic E-state index is 14.2. The van der Waals surface area contributed by atoms with Gasteiger partial charge in [0.25, 0.3) is 5.91 Å². The first-order valence-corrected chi connectivity index (χ1v) is 19.5.